The van der Waals surface area contributed by atoms with Crippen molar-refractivity contribution in [1.82, 2.24) is 0 Å². The molecule has 0 heterocycles. The number of phenolic OH excluding ortho intramolecular Hbond substituents is 3. The maximum atomic E-state index is 10.4. The van der Waals surface area contributed by atoms with E-state index in [9.17, 15) is 10.2 Å². The van der Waals surface area contributed by atoms with Crippen LogP contribution in [0.4, 0.5) is 0 Å². The second kappa shape index (κ2) is 11.1. The lowest BCUT2D eigenvalue weighted by Gasteiger charge is -2.13. The smallest absolute Gasteiger partial charge is 0.119 e. The van der Waals surface area contributed by atoms with Crippen LogP contribution in [0.3, 0.4) is 0 Å². The minimum atomic E-state index is 0.260. The van der Waals surface area contributed by atoms with Gasteiger partial charge < -0.3 is 20.1 Å². The maximum Gasteiger partial charge on any atom is 0.119 e. The summed E-state index contributed by atoms with van der Waals surface area (Å²) < 4.78 is 0. The van der Waals surface area contributed by atoms with Gasteiger partial charge in [-0.3, -0.25) is 0 Å². The zero-order valence-corrected chi connectivity index (χ0v) is 19.6. The highest BCUT2D eigenvalue weighted by molar-refractivity contribution is 5.91. The molecule has 36 heavy (non-hydrogen) atoms. The van der Waals surface area contributed by atoms with Crippen molar-refractivity contribution in [2.24, 2.45) is 0 Å². The van der Waals surface area contributed by atoms with Gasteiger partial charge in [-0.1, -0.05) is 91.0 Å². The van der Waals surface area contributed by atoms with Crippen LogP contribution in [0, 0.1) is 0 Å². The highest BCUT2D eigenvalue weighted by atomic mass is 16.3. The highest BCUT2D eigenvalue weighted by Crippen LogP contribution is 2.34. The van der Waals surface area contributed by atoms with Crippen LogP contribution in [-0.2, 0) is 11.2 Å². The Morgan fingerprint density at radius 2 is 0.889 bits per heavy atom. The summed E-state index contributed by atoms with van der Waals surface area (Å²) in [7, 11) is 0. The molecule has 4 heteroatoms. The van der Waals surface area contributed by atoms with Gasteiger partial charge in [-0.15, -0.1) is 0 Å². The second-order valence-electron chi connectivity index (χ2n) is 8.28. The van der Waals surface area contributed by atoms with Crippen LogP contribution in [0.25, 0.3) is 32.3 Å². The number of carbonyl (C=O) groups is 1. The number of hydrogen-bond donors (Lipinski definition) is 3. The summed E-state index contributed by atoms with van der Waals surface area (Å²) in [6.45, 7) is 2.00. The van der Waals surface area contributed by atoms with E-state index in [1.165, 1.54) is 0 Å². The van der Waals surface area contributed by atoms with Gasteiger partial charge in [0, 0.05) is 17.5 Å². The van der Waals surface area contributed by atoms with Gasteiger partial charge in [0.05, 0.1) is 0 Å². The molecule has 0 radical (unpaired) electrons. The number of aromatic hydroxyl groups is 3. The summed E-state index contributed by atoms with van der Waals surface area (Å²) in [6, 6.07) is 36.6. The molecule has 178 valence electrons. The Morgan fingerprint density at radius 1 is 0.472 bits per heavy atom. The minimum absolute atomic E-state index is 0.260. The zero-order chi connectivity index (χ0) is 25.5. The number of benzene rings is 6. The Labute approximate surface area is 209 Å². The molecule has 0 saturated carbocycles. The summed E-state index contributed by atoms with van der Waals surface area (Å²) in [5.74, 6) is 0.843. The van der Waals surface area contributed by atoms with Crippen LogP contribution in [0.2, 0.25) is 0 Å². The SMILES string of the molecule is C=O.Oc1ccc2ccccc2c1.Oc1ccc2ccccc2c1Cc1c(O)ccc2ccccc12. The molecule has 3 N–H and O–H groups in total. The molecule has 6 aromatic rings. The second-order valence-corrected chi connectivity index (χ2v) is 8.28. The third-order valence-corrected chi connectivity index (χ3v) is 6.12. The molecule has 0 spiro atoms. The van der Waals surface area contributed by atoms with Crippen molar-refractivity contribution in [1.29, 1.82) is 0 Å². The molecule has 0 aliphatic rings. The molecule has 0 aliphatic carbocycles. The van der Waals surface area contributed by atoms with E-state index >= 15 is 0 Å². The normalized spacial score (nSPS) is 10.3. The van der Waals surface area contributed by atoms with E-state index in [1.54, 1.807) is 24.3 Å². The van der Waals surface area contributed by atoms with Gasteiger partial charge in [-0.25, -0.2) is 0 Å². The molecule has 6 rings (SSSR count). The van der Waals surface area contributed by atoms with Crippen LogP contribution in [-0.4, -0.2) is 22.1 Å². The predicted octanol–water partition coefficient (Wildman–Crippen LogP) is 7.36. The van der Waals surface area contributed by atoms with E-state index in [0.717, 1.165) is 43.4 Å². The molecule has 0 fully saturated rings. The number of carbonyl (C=O) groups excluding carboxylic acids is 1. The summed E-state index contributed by atoms with van der Waals surface area (Å²) >= 11 is 0. The molecule has 0 atom stereocenters. The summed E-state index contributed by atoms with van der Waals surface area (Å²) in [5, 5.41) is 36.3. The van der Waals surface area contributed by atoms with E-state index in [4.69, 9.17) is 9.90 Å². The van der Waals surface area contributed by atoms with Gasteiger partial charge in [0.15, 0.2) is 0 Å². The third kappa shape index (κ3) is 5.13. The van der Waals surface area contributed by atoms with Crippen LogP contribution < -0.4 is 0 Å². The van der Waals surface area contributed by atoms with Crippen molar-refractivity contribution >= 4 is 39.1 Å². The van der Waals surface area contributed by atoms with Gasteiger partial charge in [0.1, 0.15) is 24.0 Å². The lowest BCUT2D eigenvalue weighted by molar-refractivity contribution is -0.0980. The molecular weight excluding hydrogens is 448 g/mol. The van der Waals surface area contributed by atoms with Crippen LogP contribution in [0.5, 0.6) is 17.2 Å². The van der Waals surface area contributed by atoms with E-state index in [2.05, 4.69) is 0 Å². The standard InChI is InChI=1S/C21H16O2.C10H8O.CH2O/c22-20-11-9-14-5-1-3-7-16(14)18(20)13-19-17-8-4-2-6-15(17)10-12-21(19)23;11-10-6-5-8-3-1-2-4-9(8)7-10;1-2/h1-12,22-23H,13H2;1-7,11H;1H2. The highest BCUT2D eigenvalue weighted by Gasteiger charge is 2.13. The summed E-state index contributed by atoms with van der Waals surface area (Å²) in [5.41, 5.74) is 1.68. The van der Waals surface area contributed by atoms with Crippen molar-refractivity contribution in [3.63, 3.8) is 0 Å². The number of rotatable bonds is 2. The van der Waals surface area contributed by atoms with E-state index < -0.39 is 0 Å². The largest absolute Gasteiger partial charge is 0.508 e. The van der Waals surface area contributed by atoms with Crippen LogP contribution in [0.15, 0.2) is 115 Å². The van der Waals surface area contributed by atoms with E-state index in [1.807, 2.05) is 97.8 Å². The van der Waals surface area contributed by atoms with Crippen molar-refractivity contribution in [3.8, 4) is 17.2 Å². The molecule has 6 aromatic carbocycles. The van der Waals surface area contributed by atoms with Gasteiger partial charge >= 0.3 is 0 Å². The first-order valence-corrected chi connectivity index (χ1v) is 11.5. The first-order chi connectivity index (χ1) is 17.6. The fourth-order valence-electron chi connectivity index (χ4n) is 4.37. The van der Waals surface area contributed by atoms with Gasteiger partial charge in [-0.2, -0.15) is 0 Å². The van der Waals surface area contributed by atoms with E-state index in [-0.39, 0.29) is 11.5 Å². The van der Waals surface area contributed by atoms with Gasteiger partial charge in [0.2, 0.25) is 0 Å². The lowest BCUT2D eigenvalue weighted by atomic mass is 9.94. The van der Waals surface area contributed by atoms with Crippen molar-refractivity contribution in [2.75, 3.05) is 0 Å². The van der Waals surface area contributed by atoms with Crippen LogP contribution in [0.1, 0.15) is 11.1 Å². The Kier molecular flexibility index (Phi) is 7.47. The molecular formula is C32H26O4. The van der Waals surface area contributed by atoms with Gasteiger partial charge in [0.25, 0.3) is 0 Å². The fourth-order valence-corrected chi connectivity index (χ4v) is 4.37. The molecule has 0 amide bonds. The van der Waals surface area contributed by atoms with Gasteiger partial charge in [-0.05, 0) is 56.6 Å². The van der Waals surface area contributed by atoms with E-state index in [0.29, 0.717) is 12.2 Å². The molecule has 0 aliphatic heterocycles. The lowest BCUT2D eigenvalue weighted by Crippen LogP contribution is -1.93. The monoisotopic (exact) mass is 474 g/mol. The topological polar surface area (TPSA) is 77.8 Å². The summed E-state index contributed by atoms with van der Waals surface area (Å²) in [6.07, 6.45) is 0.486. The first kappa shape index (κ1) is 24.3. The first-order valence-electron chi connectivity index (χ1n) is 11.5. The fraction of sp³-hybridized carbons (Fsp3) is 0.0312. The molecule has 0 saturated heterocycles. The summed E-state index contributed by atoms with van der Waals surface area (Å²) in [4.78, 5) is 8.00. The Morgan fingerprint density at radius 3 is 1.42 bits per heavy atom. The Balaban J connectivity index is 0.000000196. The molecule has 0 unspecified atom stereocenters. The zero-order valence-electron chi connectivity index (χ0n) is 19.6. The number of fused-ring (bicyclic) bond motifs is 3. The average molecular weight is 475 g/mol. The van der Waals surface area contributed by atoms with Crippen molar-refractivity contribution in [2.45, 2.75) is 6.42 Å². The minimum Gasteiger partial charge on any atom is -0.508 e. The number of phenols is 3. The number of hydrogen-bond acceptors (Lipinski definition) is 4. The predicted molar refractivity (Wildman–Crippen MR) is 147 cm³/mol. The Hall–Kier alpha value is -4.83. The molecule has 0 bridgehead atoms. The third-order valence-electron chi connectivity index (χ3n) is 6.12. The quantitative estimate of drug-likeness (QED) is 0.245. The molecule has 0 aromatic heterocycles. The average Bonchev–Trinajstić information content (AvgIpc) is 2.93. The van der Waals surface area contributed by atoms with Crippen LogP contribution >= 0.6 is 0 Å². The maximum absolute atomic E-state index is 10.4. The van der Waals surface area contributed by atoms with Crippen molar-refractivity contribution < 1.29 is 20.1 Å². The molecule has 4 nitrogen and oxygen atoms in total. The Bertz CT molecular complexity index is 1560. The van der Waals surface area contributed by atoms with Crippen molar-refractivity contribution in [3.05, 3.63) is 126 Å².